The number of hydrogen-bond donors (Lipinski definition) is 1. The summed E-state index contributed by atoms with van der Waals surface area (Å²) in [5.41, 5.74) is 2.78. The molecule has 0 aliphatic carbocycles. The van der Waals surface area contributed by atoms with E-state index in [0.29, 0.717) is 0 Å². The van der Waals surface area contributed by atoms with Crippen molar-refractivity contribution in [3.05, 3.63) is 66.9 Å². The molecule has 2 aromatic carbocycles. The molecule has 0 spiro atoms. The van der Waals surface area contributed by atoms with Crippen molar-refractivity contribution in [2.75, 3.05) is 11.9 Å². The largest absolute Gasteiger partial charge is 0.322 e. The van der Waals surface area contributed by atoms with Crippen molar-refractivity contribution in [3.63, 3.8) is 0 Å². The minimum absolute atomic E-state index is 0.0144. The number of carbonyl (C=O) groups is 1. The van der Waals surface area contributed by atoms with Crippen molar-refractivity contribution in [1.82, 2.24) is 19.9 Å². The number of benzene rings is 2. The molecule has 1 unspecified atom stereocenters. The molecule has 0 radical (unpaired) electrons. The summed E-state index contributed by atoms with van der Waals surface area (Å²) in [6, 6.07) is 19.9. The van der Waals surface area contributed by atoms with Gasteiger partial charge in [-0.05, 0) is 37.8 Å². The number of amides is 2. The first-order valence-corrected chi connectivity index (χ1v) is 9.88. The highest BCUT2D eigenvalue weighted by Crippen LogP contribution is 2.22. The summed E-state index contributed by atoms with van der Waals surface area (Å²) in [7, 11) is 0. The van der Waals surface area contributed by atoms with E-state index < -0.39 is 0 Å². The first-order chi connectivity index (χ1) is 13.8. The van der Waals surface area contributed by atoms with Gasteiger partial charge in [-0.15, -0.1) is 5.10 Å². The summed E-state index contributed by atoms with van der Waals surface area (Å²) >= 11 is 0. The van der Waals surface area contributed by atoms with E-state index in [0.717, 1.165) is 55.7 Å². The number of nitrogens with zero attached hydrogens (tertiary/aromatic N) is 4. The van der Waals surface area contributed by atoms with Crippen LogP contribution in [0.2, 0.25) is 0 Å². The molecule has 6 heteroatoms. The van der Waals surface area contributed by atoms with Gasteiger partial charge in [0.15, 0.2) is 0 Å². The van der Waals surface area contributed by atoms with Gasteiger partial charge in [0.05, 0.1) is 6.20 Å². The van der Waals surface area contributed by atoms with Crippen LogP contribution in [0.15, 0.2) is 66.9 Å². The van der Waals surface area contributed by atoms with Crippen LogP contribution in [0.4, 0.5) is 10.5 Å². The Bertz CT molecular complexity index is 894. The normalized spacial score (nSPS) is 16.7. The third-order valence-electron chi connectivity index (χ3n) is 5.21. The van der Waals surface area contributed by atoms with E-state index in [1.54, 1.807) is 0 Å². The zero-order chi connectivity index (χ0) is 19.2. The molecule has 2 heterocycles. The molecular weight excluding hydrogens is 350 g/mol. The Morgan fingerprint density at radius 2 is 1.79 bits per heavy atom. The Hall–Kier alpha value is -3.15. The molecule has 0 saturated carbocycles. The van der Waals surface area contributed by atoms with Crippen LogP contribution in [0.5, 0.6) is 0 Å². The molecular formula is C22H25N5O. The number of likely N-dealkylation sites (tertiary alicyclic amines) is 1. The molecule has 1 N–H and O–H groups in total. The number of piperidine rings is 1. The fourth-order valence-electron chi connectivity index (χ4n) is 3.71. The standard InChI is InChI=1S/C22H25N5O/c28-22(23-19-11-5-2-6-12-19)27-15-8-7-13-20(27)14-16-26-17-21(24-25-26)18-9-3-1-4-10-18/h1-6,9-12,17,20H,7-8,13-16H2,(H,23,28). The minimum Gasteiger partial charge on any atom is -0.321 e. The van der Waals surface area contributed by atoms with Gasteiger partial charge in [-0.3, -0.25) is 4.68 Å². The molecule has 144 valence electrons. The molecule has 1 aliphatic heterocycles. The topological polar surface area (TPSA) is 63.1 Å². The Kier molecular flexibility index (Phi) is 5.66. The van der Waals surface area contributed by atoms with E-state index >= 15 is 0 Å². The van der Waals surface area contributed by atoms with Crippen LogP contribution in [-0.4, -0.2) is 38.5 Å². The van der Waals surface area contributed by atoms with Crippen molar-refractivity contribution in [2.45, 2.75) is 38.3 Å². The van der Waals surface area contributed by atoms with Crippen LogP contribution in [0.3, 0.4) is 0 Å². The molecule has 6 nitrogen and oxygen atoms in total. The van der Waals surface area contributed by atoms with E-state index in [9.17, 15) is 4.79 Å². The van der Waals surface area contributed by atoms with Crippen LogP contribution < -0.4 is 5.32 Å². The summed E-state index contributed by atoms with van der Waals surface area (Å²) in [5.74, 6) is 0. The fourth-order valence-corrected chi connectivity index (χ4v) is 3.71. The van der Waals surface area contributed by atoms with Gasteiger partial charge in [-0.1, -0.05) is 53.7 Å². The summed E-state index contributed by atoms with van der Waals surface area (Å²) in [6.07, 6.45) is 6.10. The van der Waals surface area contributed by atoms with Gasteiger partial charge in [0, 0.05) is 30.4 Å². The summed E-state index contributed by atoms with van der Waals surface area (Å²) in [6.45, 7) is 1.55. The van der Waals surface area contributed by atoms with Gasteiger partial charge >= 0.3 is 6.03 Å². The lowest BCUT2D eigenvalue weighted by Crippen LogP contribution is -2.46. The predicted octanol–water partition coefficient (Wildman–Crippen LogP) is 4.42. The third kappa shape index (κ3) is 4.39. The Morgan fingerprint density at radius 3 is 2.57 bits per heavy atom. The Balaban J connectivity index is 1.37. The van der Waals surface area contributed by atoms with Gasteiger partial charge in [0.25, 0.3) is 0 Å². The Morgan fingerprint density at radius 1 is 1.04 bits per heavy atom. The molecule has 28 heavy (non-hydrogen) atoms. The van der Waals surface area contributed by atoms with E-state index in [2.05, 4.69) is 15.6 Å². The van der Waals surface area contributed by atoms with E-state index in [1.165, 1.54) is 0 Å². The lowest BCUT2D eigenvalue weighted by atomic mass is 10.00. The van der Waals surface area contributed by atoms with Gasteiger partial charge in [0.1, 0.15) is 5.69 Å². The number of aromatic nitrogens is 3. The summed E-state index contributed by atoms with van der Waals surface area (Å²) in [4.78, 5) is 14.7. The van der Waals surface area contributed by atoms with Crippen molar-refractivity contribution in [2.24, 2.45) is 0 Å². The molecule has 0 bridgehead atoms. The molecule has 1 atom stereocenters. The van der Waals surface area contributed by atoms with Gasteiger partial charge < -0.3 is 10.2 Å². The molecule has 3 aromatic rings. The SMILES string of the molecule is O=C(Nc1ccccc1)N1CCCCC1CCn1cc(-c2ccccc2)nn1. The summed E-state index contributed by atoms with van der Waals surface area (Å²) < 4.78 is 1.88. The second-order valence-electron chi connectivity index (χ2n) is 7.16. The zero-order valence-electron chi connectivity index (χ0n) is 15.9. The quantitative estimate of drug-likeness (QED) is 0.718. The van der Waals surface area contributed by atoms with Crippen LogP contribution in [0, 0.1) is 0 Å². The van der Waals surface area contributed by atoms with Crippen LogP contribution >= 0.6 is 0 Å². The maximum Gasteiger partial charge on any atom is 0.322 e. The molecule has 4 rings (SSSR count). The lowest BCUT2D eigenvalue weighted by molar-refractivity contribution is 0.154. The van der Waals surface area contributed by atoms with Gasteiger partial charge in [-0.2, -0.15) is 0 Å². The highest BCUT2D eigenvalue weighted by atomic mass is 16.2. The first kappa shape index (κ1) is 18.2. The highest BCUT2D eigenvalue weighted by molar-refractivity contribution is 5.89. The van der Waals surface area contributed by atoms with Gasteiger partial charge in [0.2, 0.25) is 0 Å². The molecule has 1 saturated heterocycles. The van der Waals surface area contributed by atoms with Crippen molar-refractivity contribution >= 4 is 11.7 Å². The monoisotopic (exact) mass is 375 g/mol. The van der Waals surface area contributed by atoms with Crippen LogP contribution in [0.1, 0.15) is 25.7 Å². The number of hydrogen-bond acceptors (Lipinski definition) is 3. The van der Waals surface area contributed by atoms with Gasteiger partial charge in [-0.25, -0.2) is 4.79 Å². The maximum absolute atomic E-state index is 12.8. The smallest absolute Gasteiger partial charge is 0.321 e. The number of urea groups is 1. The number of anilines is 1. The van der Waals surface area contributed by atoms with Crippen molar-refractivity contribution < 1.29 is 4.79 Å². The number of aryl methyl sites for hydroxylation is 1. The molecule has 1 aromatic heterocycles. The van der Waals surface area contributed by atoms with Crippen molar-refractivity contribution in [3.8, 4) is 11.3 Å². The average Bonchev–Trinajstić information content (AvgIpc) is 3.23. The van der Waals surface area contributed by atoms with Crippen LogP contribution in [-0.2, 0) is 6.54 Å². The maximum atomic E-state index is 12.8. The van der Waals surface area contributed by atoms with E-state index in [-0.39, 0.29) is 12.1 Å². The summed E-state index contributed by atoms with van der Waals surface area (Å²) in [5, 5.41) is 11.6. The number of carbonyl (C=O) groups excluding carboxylic acids is 1. The van der Waals surface area contributed by atoms with Crippen molar-refractivity contribution in [1.29, 1.82) is 0 Å². The number of para-hydroxylation sites is 1. The molecule has 1 aliphatic rings. The van der Waals surface area contributed by atoms with E-state index in [4.69, 9.17) is 0 Å². The van der Waals surface area contributed by atoms with E-state index in [1.807, 2.05) is 76.4 Å². The molecule has 2 amide bonds. The minimum atomic E-state index is -0.0144. The number of rotatable bonds is 5. The third-order valence-corrected chi connectivity index (χ3v) is 5.21. The first-order valence-electron chi connectivity index (χ1n) is 9.88. The lowest BCUT2D eigenvalue weighted by Gasteiger charge is -2.35. The average molecular weight is 375 g/mol. The highest BCUT2D eigenvalue weighted by Gasteiger charge is 2.26. The number of nitrogens with one attached hydrogen (secondary N) is 1. The second-order valence-corrected chi connectivity index (χ2v) is 7.16. The second kappa shape index (κ2) is 8.69. The Labute approximate surface area is 165 Å². The zero-order valence-corrected chi connectivity index (χ0v) is 15.9. The molecule has 1 fully saturated rings. The fraction of sp³-hybridized carbons (Fsp3) is 0.318. The van der Waals surface area contributed by atoms with Crippen LogP contribution in [0.25, 0.3) is 11.3 Å². The predicted molar refractivity (Wildman–Crippen MR) is 110 cm³/mol.